The zero-order chi connectivity index (χ0) is 21.0. The zero-order valence-corrected chi connectivity index (χ0v) is 20.6. The molecule has 0 aliphatic heterocycles. The van der Waals surface area contributed by atoms with Crippen LogP contribution in [0.2, 0.25) is 0 Å². The molecular formula is C26H24ClP2Pd. The third kappa shape index (κ3) is 6.59. The van der Waals surface area contributed by atoms with Crippen molar-refractivity contribution >= 4 is 46.6 Å². The van der Waals surface area contributed by atoms with Crippen LogP contribution in [-0.2, 0) is 18.2 Å². The zero-order valence-electron chi connectivity index (χ0n) is 16.5. The molecule has 0 atom stereocenters. The van der Waals surface area contributed by atoms with Gasteiger partial charge in [-0.3, -0.25) is 0 Å². The summed E-state index contributed by atoms with van der Waals surface area (Å²) in [5, 5.41) is 5.89. The van der Waals surface area contributed by atoms with E-state index in [1.54, 1.807) is 0 Å². The number of rotatable bonds is 7. The molecule has 4 heteroatoms. The van der Waals surface area contributed by atoms with Gasteiger partial charge in [0.1, 0.15) is 0 Å². The van der Waals surface area contributed by atoms with Gasteiger partial charge in [0.15, 0.2) is 0 Å². The maximum Gasteiger partial charge on any atom is -0.0195 e. The smallest absolute Gasteiger partial charge is 0.0195 e. The number of halogens is 1. The fourth-order valence-corrected chi connectivity index (χ4v) is 8.80. The van der Waals surface area contributed by atoms with Gasteiger partial charge in [0.25, 0.3) is 0 Å². The normalized spacial score (nSPS) is 10.6. The first kappa shape index (κ1) is 23.4. The Hall–Kier alpha value is -1.31. The first-order valence-corrected chi connectivity index (χ1v) is 14.8. The van der Waals surface area contributed by atoms with Crippen LogP contribution in [0, 0.1) is 0 Å². The van der Waals surface area contributed by atoms with Gasteiger partial charge in [0, 0.05) is 0 Å². The van der Waals surface area contributed by atoms with E-state index in [9.17, 15) is 0 Å². The third-order valence-electron chi connectivity index (χ3n) is 4.82. The van der Waals surface area contributed by atoms with Crippen molar-refractivity contribution in [2.45, 2.75) is 0 Å². The maximum atomic E-state index is 4.49. The first-order chi connectivity index (χ1) is 14.9. The Morgan fingerprint density at radius 2 is 0.600 bits per heavy atom. The molecule has 4 aromatic rings. The Bertz CT molecular complexity index is 805. The van der Waals surface area contributed by atoms with Crippen LogP contribution in [0.3, 0.4) is 0 Å². The van der Waals surface area contributed by atoms with E-state index in [0.717, 1.165) is 0 Å². The second-order valence-electron chi connectivity index (χ2n) is 6.65. The largest absolute Gasteiger partial charge is 0.0622 e. The van der Waals surface area contributed by atoms with E-state index < -0.39 is 0 Å². The SMILES string of the molecule is [Cl][Pd].c1ccc(P(CCP(c2ccccc2)c2ccccc2)c2ccccc2)cc1. The van der Waals surface area contributed by atoms with Crippen molar-refractivity contribution in [1.29, 1.82) is 0 Å². The second kappa shape index (κ2) is 13.2. The molecule has 0 unspecified atom stereocenters. The number of hydrogen-bond acceptors (Lipinski definition) is 0. The fraction of sp³-hybridized carbons (Fsp3) is 0.0769. The van der Waals surface area contributed by atoms with Crippen LogP contribution < -0.4 is 21.2 Å². The van der Waals surface area contributed by atoms with E-state index in [1.807, 2.05) is 0 Å². The Morgan fingerprint density at radius 1 is 0.400 bits per heavy atom. The van der Waals surface area contributed by atoms with Crippen molar-refractivity contribution in [3.05, 3.63) is 121 Å². The quantitative estimate of drug-likeness (QED) is 0.201. The van der Waals surface area contributed by atoms with Gasteiger partial charge in [-0.15, -0.1) is 0 Å². The van der Waals surface area contributed by atoms with Crippen molar-refractivity contribution in [3.8, 4) is 0 Å². The molecule has 0 fully saturated rings. The molecule has 0 nitrogen and oxygen atoms in total. The molecule has 4 aromatic carbocycles. The van der Waals surface area contributed by atoms with E-state index in [1.165, 1.54) is 33.5 Å². The van der Waals surface area contributed by atoms with E-state index in [4.69, 9.17) is 0 Å². The average Bonchev–Trinajstić information content (AvgIpc) is 2.85. The Labute approximate surface area is 197 Å². The summed E-state index contributed by atoms with van der Waals surface area (Å²) in [7, 11) is 3.79. The molecule has 0 spiro atoms. The minimum absolute atomic E-state index is 0.348. The van der Waals surface area contributed by atoms with Crippen LogP contribution in [0.25, 0.3) is 0 Å². The summed E-state index contributed by atoms with van der Waals surface area (Å²) >= 11 is 2.22. The molecule has 4 rings (SSSR count). The molecule has 0 amide bonds. The van der Waals surface area contributed by atoms with Crippen LogP contribution in [0.1, 0.15) is 0 Å². The van der Waals surface area contributed by atoms with Crippen molar-refractivity contribution in [2.75, 3.05) is 12.3 Å². The van der Waals surface area contributed by atoms with Crippen LogP contribution in [0.15, 0.2) is 121 Å². The minimum Gasteiger partial charge on any atom is -0.0622 e. The predicted molar refractivity (Wildman–Crippen MR) is 134 cm³/mol. The molecule has 0 bridgehead atoms. The van der Waals surface area contributed by atoms with E-state index >= 15 is 0 Å². The Balaban J connectivity index is 0.00000124. The molecule has 0 heterocycles. The molecule has 0 saturated heterocycles. The number of benzene rings is 4. The number of hydrogen-bond donors (Lipinski definition) is 0. The third-order valence-corrected chi connectivity index (χ3v) is 10.2. The van der Waals surface area contributed by atoms with Crippen molar-refractivity contribution < 1.29 is 18.2 Å². The maximum absolute atomic E-state index is 4.49. The monoisotopic (exact) mass is 539 g/mol. The summed E-state index contributed by atoms with van der Waals surface area (Å²) in [6.07, 6.45) is 2.41. The topological polar surface area (TPSA) is 0 Å². The molecule has 155 valence electrons. The van der Waals surface area contributed by atoms with Gasteiger partial charge in [-0.1, -0.05) is 121 Å². The van der Waals surface area contributed by atoms with Crippen molar-refractivity contribution in [3.63, 3.8) is 0 Å². The molecule has 0 saturated carbocycles. The summed E-state index contributed by atoms with van der Waals surface area (Å²) in [6, 6.07) is 44.2. The first-order valence-electron chi connectivity index (χ1n) is 9.79. The fourth-order valence-electron chi connectivity index (χ4n) is 3.45. The molecular weight excluding hydrogens is 516 g/mol. The summed E-state index contributed by atoms with van der Waals surface area (Å²) in [6.45, 7) is 0. The molecule has 30 heavy (non-hydrogen) atoms. The predicted octanol–water partition coefficient (Wildman–Crippen LogP) is 5.94. The van der Waals surface area contributed by atoms with Gasteiger partial charge >= 0.3 is 27.7 Å². The second-order valence-corrected chi connectivity index (χ2v) is 11.3. The molecule has 0 N–H and O–H groups in total. The van der Waals surface area contributed by atoms with Gasteiger partial charge in [0.05, 0.1) is 0 Å². The van der Waals surface area contributed by atoms with Crippen LogP contribution in [-0.4, -0.2) is 12.3 Å². The summed E-state index contributed by atoms with van der Waals surface area (Å²) in [4.78, 5) is 0. The van der Waals surface area contributed by atoms with E-state index in [0.29, 0.717) is 0 Å². The summed E-state index contributed by atoms with van der Waals surface area (Å²) < 4.78 is 0. The van der Waals surface area contributed by atoms with Crippen LogP contribution in [0.5, 0.6) is 0 Å². The van der Waals surface area contributed by atoms with E-state index in [2.05, 4.69) is 149 Å². The molecule has 0 aliphatic carbocycles. The van der Waals surface area contributed by atoms with Crippen LogP contribution in [0.4, 0.5) is 0 Å². The summed E-state index contributed by atoms with van der Waals surface area (Å²) in [5.74, 6) is 0. The Morgan fingerprint density at radius 3 is 0.800 bits per heavy atom. The van der Waals surface area contributed by atoms with Crippen molar-refractivity contribution in [1.82, 2.24) is 0 Å². The summed E-state index contributed by atoms with van der Waals surface area (Å²) in [5.41, 5.74) is 0. The van der Waals surface area contributed by atoms with E-state index in [-0.39, 0.29) is 15.8 Å². The van der Waals surface area contributed by atoms with Gasteiger partial charge in [-0.05, 0) is 49.4 Å². The molecule has 0 aromatic heterocycles. The van der Waals surface area contributed by atoms with Gasteiger partial charge in [-0.25, -0.2) is 0 Å². The Kier molecular flexibility index (Phi) is 10.3. The molecule has 0 aliphatic rings. The molecule has 0 radical (unpaired) electrons. The van der Waals surface area contributed by atoms with Crippen molar-refractivity contribution in [2.24, 2.45) is 0 Å². The minimum atomic E-state index is -0.348. The van der Waals surface area contributed by atoms with Gasteiger partial charge in [0.2, 0.25) is 0 Å². The van der Waals surface area contributed by atoms with Gasteiger partial charge < -0.3 is 0 Å². The standard InChI is InChI=1S/C26H24P2.ClH.Pd/c1-5-13-23(14-6-1)27(24-15-7-2-8-16-24)21-22-28(25-17-9-3-10-18-25)26-19-11-4-12-20-26;;/h1-20H,21-22H2;1H;/q;;+1/p-1. The van der Waals surface area contributed by atoms with Crippen LogP contribution >= 0.6 is 25.4 Å². The average molecular weight is 540 g/mol. The van der Waals surface area contributed by atoms with Gasteiger partial charge in [-0.2, -0.15) is 0 Å².